The van der Waals surface area contributed by atoms with Crippen LogP contribution in [0.2, 0.25) is 0 Å². The summed E-state index contributed by atoms with van der Waals surface area (Å²) in [6.45, 7) is 6.71. The minimum Gasteiger partial charge on any atom is -0.389 e. The van der Waals surface area contributed by atoms with Crippen LogP contribution in [0, 0.1) is 5.92 Å². The third-order valence-corrected chi connectivity index (χ3v) is 3.34. The normalized spacial score (nSPS) is 12.2. The van der Waals surface area contributed by atoms with Crippen LogP contribution < -0.4 is 11.1 Å². The first-order valence-corrected chi connectivity index (χ1v) is 7.63. The highest BCUT2D eigenvalue weighted by Gasteiger charge is 2.13. The molecule has 5 heteroatoms. The molecule has 0 aromatic heterocycles. The second-order valence-corrected chi connectivity index (χ2v) is 5.92. The lowest BCUT2D eigenvalue weighted by Crippen LogP contribution is -2.28. The molecular formula is C16H24N2O2S. The van der Waals surface area contributed by atoms with E-state index in [2.05, 4.69) is 19.2 Å². The van der Waals surface area contributed by atoms with Crippen molar-refractivity contribution < 1.29 is 9.53 Å². The van der Waals surface area contributed by atoms with Crippen molar-refractivity contribution in [1.29, 1.82) is 0 Å². The molecule has 1 aromatic carbocycles. The summed E-state index contributed by atoms with van der Waals surface area (Å²) >= 11 is 4.88. The molecule has 116 valence electrons. The van der Waals surface area contributed by atoms with E-state index in [1.165, 1.54) is 0 Å². The van der Waals surface area contributed by atoms with E-state index < -0.39 is 6.10 Å². The van der Waals surface area contributed by atoms with Gasteiger partial charge < -0.3 is 15.8 Å². The summed E-state index contributed by atoms with van der Waals surface area (Å²) in [5.41, 5.74) is 7.01. The predicted molar refractivity (Wildman–Crippen MR) is 90.4 cm³/mol. The van der Waals surface area contributed by atoms with Gasteiger partial charge in [0.25, 0.3) is 5.91 Å². The van der Waals surface area contributed by atoms with Crippen molar-refractivity contribution in [3.8, 4) is 0 Å². The van der Waals surface area contributed by atoms with Gasteiger partial charge in [0, 0.05) is 17.9 Å². The molecule has 0 fully saturated rings. The lowest BCUT2D eigenvalue weighted by molar-refractivity contribution is -0.126. The van der Waals surface area contributed by atoms with Gasteiger partial charge in [-0.25, -0.2) is 0 Å². The summed E-state index contributed by atoms with van der Waals surface area (Å²) in [7, 11) is 0. The monoisotopic (exact) mass is 308 g/mol. The topological polar surface area (TPSA) is 64.3 Å². The van der Waals surface area contributed by atoms with Crippen molar-refractivity contribution in [1.82, 2.24) is 0 Å². The van der Waals surface area contributed by atoms with Gasteiger partial charge in [0.1, 0.15) is 11.1 Å². The van der Waals surface area contributed by atoms with Gasteiger partial charge >= 0.3 is 0 Å². The first-order chi connectivity index (χ1) is 9.90. The van der Waals surface area contributed by atoms with Crippen molar-refractivity contribution in [2.24, 2.45) is 11.7 Å². The van der Waals surface area contributed by atoms with E-state index in [0.717, 1.165) is 18.4 Å². The minimum absolute atomic E-state index is 0.150. The second kappa shape index (κ2) is 8.74. The van der Waals surface area contributed by atoms with Crippen LogP contribution in [0.4, 0.5) is 5.69 Å². The number of nitrogens with one attached hydrogen (secondary N) is 1. The fraction of sp³-hybridized carbons (Fsp3) is 0.500. The molecule has 4 nitrogen and oxygen atoms in total. The van der Waals surface area contributed by atoms with Crippen molar-refractivity contribution in [3.63, 3.8) is 0 Å². The predicted octanol–water partition coefficient (Wildman–Crippen LogP) is 3.10. The molecule has 1 amide bonds. The molecule has 1 rings (SSSR count). The first kappa shape index (κ1) is 17.6. The van der Waals surface area contributed by atoms with Crippen LogP contribution in [0.1, 0.15) is 39.2 Å². The minimum atomic E-state index is -0.465. The lowest BCUT2D eigenvalue weighted by Gasteiger charge is -2.14. The maximum atomic E-state index is 12.0. The zero-order valence-corrected chi connectivity index (χ0v) is 13.7. The Kier molecular flexibility index (Phi) is 7.32. The van der Waals surface area contributed by atoms with Crippen LogP contribution in [0.3, 0.4) is 0 Å². The summed E-state index contributed by atoms with van der Waals surface area (Å²) in [5, 5.41) is 2.81. The number of anilines is 1. The molecule has 0 spiro atoms. The number of carbonyl (C=O) groups excluding carboxylic acids is 1. The van der Waals surface area contributed by atoms with Gasteiger partial charge in [-0.1, -0.05) is 26.1 Å². The molecule has 0 saturated heterocycles. The number of ether oxygens (including phenoxy) is 1. The van der Waals surface area contributed by atoms with E-state index in [1.807, 2.05) is 0 Å². The van der Waals surface area contributed by atoms with Crippen LogP contribution in [-0.4, -0.2) is 23.6 Å². The molecule has 1 unspecified atom stereocenters. The Balaban J connectivity index is 2.39. The molecular weight excluding hydrogens is 284 g/mol. The molecule has 0 aliphatic rings. The maximum Gasteiger partial charge on any atom is 0.253 e. The SMILES string of the molecule is CC(C)CCCOC(C)C(=O)Nc1ccc(C(N)=S)cc1. The first-order valence-electron chi connectivity index (χ1n) is 7.22. The summed E-state index contributed by atoms with van der Waals surface area (Å²) in [6.07, 6.45) is 1.61. The fourth-order valence-corrected chi connectivity index (χ4v) is 1.93. The Morgan fingerprint density at radius 2 is 1.90 bits per heavy atom. The summed E-state index contributed by atoms with van der Waals surface area (Å²) in [5.74, 6) is 0.507. The lowest BCUT2D eigenvalue weighted by atomic mass is 10.1. The molecule has 0 saturated carbocycles. The van der Waals surface area contributed by atoms with Crippen LogP contribution in [0.25, 0.3) is 0 Å². The Hall–Kier alpha value is -1.46. The summed E-state index contributed by atoms with van der Waals surface area (Å²) in [6, 6.07) is 7.12. The molecule has 0 aliphatic heterocycles. The van der Waals surface area contributed by atoms with E-state index in [-0.39, 0.29) is 5.91 Å². The fourth-order valence-electron chi connectivity index (χ4n) is 1.79. The highest BCUT2D eigenvalue weighted by Crippen LogP contribution is 2.11. The van der Waals surface area contributed by atoms with Gasteiger partial charge in [-0.05, 0) is 49.9 Å². The van der Waals surface area contributed by atoms with Crippen molar-refractivity contribution >= 4 is 28.8 Å². The van der Waals surface area contributed by atoms with Crippen molar-refractivity contribution in [2.45, 2.75) is 39.7 Å². The highest BCUT2D eigenvalue weighted by atomic mass is 32.1. The van der Waals surface area contributed by atoms with Gasteiger partial charge in [-0.3, -0.25) is 4.79 Å². The zero-order chi connectivity index (χ0) is 15.8. The molecule has 0 heterocycles. The van der Waals surface area contributed by atoms with Gasteiger partial charge in [0.05, 0.1) is 0 Å². The molecule has 1 atom stereocenters. The standard InChI is InChI=1S/C16H24N2O2S/c1-11(2)5-4-10-20-12(3)16(19)18-14-8-6-13(7-9-14)15(17)21/h6-9,11-12H,4-5,10H2,1-3H3,(H2,17,21)(H,18,19). The second-order valence-electron chi connectivity index (χ2n) is 5.48. The van der Waals surface area contributed by atoms with E-state index in [1.54, 1.807) is 31.2 Å². The van der Waals surface area contributed by atoms with Crippen LogP contribution in [-0.2, 0) is 9.53 Å². The van der Waals surface area contributed by atoms with Crippen LogP contribution >= 0.6 is 12.2 Å². The van der Waals surface area contributed by atoms with Gasteiger partial charge in [0.2, 0.25) is 0 Å². The highest BCUT2D eigenvalue weighted by molar-refractivity contribution is 7.80. The Morgan fingerprint density at radius 1 is 1.29 bits per heavy atom. The van der Waals surface area contributed by atoms with Gasteiger partial charge in [-0.2, -0.15) is 0 Å². The van der Waals surface area contributed by atoms with Gasteiger partial charge in [-0.15, -0.1) is 0 Å². The number of thiocarbonyl (C=S) groups is 1. The molecule has 1 aromatic rings. The smallest absolute Gasteiger partial charge is 0.253 e. The Morgan fingerprint density at radius 3 is 2.43 bits per heavy atom. The third kappa shape index (κ3) is 6.69. The molecule has 0 bridgehead atoms. The summed E-state index contributed by atoms with van der Waals surface area (Å²) < 4.78 is 5.54. The average Bonchev–Trinajstić information content (AvgIpc) is 2.43. The molecule has 21 heavy (non-hydrogen) atoms. The van der Waals surface area contributed by atoms with E-state index in [0.29, 0.717) is 23.2 Å². The van der Waals surface area contributed by atoms with Crippen LogP contribution in [0.5, 0.6) is 0 Å². The summed E-state index contributed by atoms with van der Waals surface area (Å²) in [4.78, 5) is 12.3. The number of carbonyl (C=O) groups is 1. The number of rotatable bonds is 8. The number of amides is 1. The quantitative estimate of drug-likeness (QED) is 0.572. The number of hydrogen-bond donors (Lipinski definition) is 2. The largest absolute Gasteiger partial charge is 0.389 e. The number of nitrogens with two attached hydrogens (primary N) is 1. The Bertz CT molecular complexity index is 472. The maximum absolute atomic E-state index is 12.0. The van der Waals surface area contributed by atoms with E-state index in [4.69, 9.17) is 22.7 Å². The van der Waals surface area contributed by atoms with Crippen molar-refractivity contribution in [3.05, 3.63) is 29.8 Å². The Labute approximate surface area is 132 Å². The molecule has 3 N–H and O–H groups in total. The number of hydrogen-bond acceptors (Lipinski definition) is 3. The average molecular weight is 308 g/mol. The molecule has 0 aliphatic carbocycles. The zero-order valence-electron chi connectivity index (χ0n) is 12.9. The molecule has 0 radical (unpaired) electrons. The van der Waals surface area contributed by atoms with Crippen LogP contribution in [0.15, 0.2) is 24.3 Å². The third-order valence-electron chi connectivity index (χ3n) is 3.10. The van der Waals surface area contributed by atoms with E-state index in [9.17, 15) is 4.79 Å². The van der Waals surface area contributed by atoms with E-state index >= 15 is 0 Å². The number of benzene rings is 1. The van der Waals surface area contributed by atoms with Gasteiger partial charge in [0.15, 0.2) is 0 Å². The van der Waals surface area contributed by atoms with Crippen molar-refractivity contribution in [2.75, 3.05) is 11.9 Å².